The van der Waals surface area contributed by atoms with Gasteiger partial charge in [-0.15, -0.1) is 0 Å². The summed E-state index contributed by atoms with van der Waals surface area (Å²) in [5.74, 6) is -0.238. The Morgan fingerprint density at radius 1 is 0.514 bits per heavy atom. The molecule has 0 bridgehead atoms. The van der Waals surface area contributed by atoms with Crippen molar-refractivity contribution in [3.63, 3.8) is 0 Å². The van der Waals surface area contributed by atoms with E-state index in [1.54, 1.807) is 6.08 Å². The number of amides is 1. The van der Waals surface area contributed by atoms with E-state index in [-0.39, 0.29) is 12.5 Å². The van der Waals surface area contributed by atoms with Gasteiger partial charge in [-0.05, 0) is 116 Å². The Kier molecular flexibility index (Phi) is 47.3. The van der Waals surface area contributed by atoms with Gasteiger partial charge in [-0.3, -0.25) is 9.36 Å². The predicted octanol–water partition coefficient (Wildman–Crippen LogP) is 15.7. The minimum atomic E-state index is -4.61. The van der Waals surface area contributed by atoms with E-state index in [2.05, 4.69) is 165 Å². The van der Waals surface area contributed by atoms with Gasteiger partial charge in [-0.25, -0.2) is 0 Å². The molecule has 8 nitrogen and oxygen atoms in total. The molecule has 394 valence electrons. The summed E-state index contributed by atoms with van der Waals surface area (Å²) in [7, 11) is 1.20. The molecule has 2 N–H and O–H groups in total. The van der Waals surface area contributed by atoms with Crippen molar-refractivity contribution in [2.24, 2.45) is 0 Å². The van der Waals surface area contributed by atoms with Gasteiger partial charge in [-0.1, -0.05) is 204 Å². The molecule has 0 aromatic heterocycles. The second-order valence-electron chi connectivity index (χ2n) is 18.5. The van der Waals surface area contributed by atoms with Crippen LogP contribution in [0.3, 0.4) is 0 Å². The number of aliphatic hydroxyl groups excluding tert-OH is 1. The summed E-state index contributed by atoms with van der Waals surface area (Å²) in [5, 5.41) is 13.7. The fraction of sp³-hybridized carbons (Fsp3) is 0.557. The van der Waals surface area contributed by atoms with Crippen LogP contribution in [0.1, 0.15) is 168 Å². The van der Waals surface area contributed by atoms with Crippen molar-refractivity contribution in [3.8, 4) is 0 Å². The monoisotopic (exact) mass is 987 g/mol. The van der Waals surface area contributed by atoms with Gasteiger partial charge in [0.2, 0.25) is 5.91 Å². The third-order valence-corrected chi connectivity index (χ3v) is 11.7. The summed E-state index contributed by atoms with van der Waals surface area (Å²) >= 11 is 0. The van der Waals surface area contributed by atoms with Crippen LogP contribution < -0.4 is 10.2 Å². The van der Waals surface area contributed by atoms with Gasteiger partial charge in [0, 0.05) is 6.42 Å². The van der Waals surface area contributed by atoms with E-state index < -0.39 is 26.6 Å². The lowest BCUT2D eigenvalue weighted by Crippen LogP contribution is -2.45. The first-order chi connectivity index (χ1) is 34.0. The second-order valence-corrected chi connectivity index (χ2v) is 19.9. The zero-order valence-corrected chi connectivity index (χ0v) is 45.5. The Bertz CT molecular complexity index is 1690. The van der Waals surface area contributed by atoms with E-state index in [9.17, 15) is 19.4 Å². The molecule has 0 spiro atoms. The molecule has 0 heterocycles. The Morgan fingerprint density at radius 2 is 0.886 bits per heavy atom. The first kappa shape index (κ1) is 66.1. The van der Waals surface area contributed by atoms with Gasteiger partial charge in [0.05, 0.1) is 39.9 Å². The van der Waals surface area contributed by atoms with Gasteiger partial charge in [0.1, 0.15) is 13.2 Å². The SMILES string of the molecule is CC/C=C\C/C=C\C/C=C\C/C=C\C/C=C\C/C=C\C/C=C\C/C=C\C/C=C\C/C=C\C/C=C\CCCCCCCC(=O)NC(COP(=O)([O-])OCC[N+](C)(C)C)C(O)/C=C/CC/C=C/CCCCC. The molecule has 0 aromatic rings. The van der Waals surface area contributed by atoms with Gasteiger partial charge in [-0.2, -0.15) is 0 Å². The molecule has 0 aliphatic rings. The van der Waals surface area contributed by atoms with E-state index in [4.69, 9.17) is 9.05 Å². The first-order valence-electron chi connectivity index (χ1n) is 26.8. The number of nitrogens with zero attached hydrogens (tertiary/aromatic N) is 1. The summed E-state index contributed by atoms with van der Waals surface area (Å²) in [5.41, 5.74) is 0. The number of hydrogen-bond donors (Lipinski definition) is 2. The standard InChI is InChI=1S/C61H99N2O6P/c1-6-8-10-12-14-16-17-18-19-20-21-22-23-24-25-26-27-28-29-30-31-32-33-34-35-36-37-38-39-40-41-42-43-44-45-47-49-51-53-55-61(65)62-59(58-69-70(66,67)68-57-56-63(3,4)5)60(64)54-52-50-48-46-15-13-11-9-7-2/h8,10,14-16,18-19,21-22,24-25,27-28,30-31,33-34,36-37,39-40,42-43,46,52,54,59-60,64H,6-7,9,11-13,17,20,23,26,29,32,35,38,41,44-45,47-51,53,55-58H2,1-5H3,(H-,62,65,66,67)/b10-8-,16-14-,19-18-,22-21-,25-24-,28-27-,31-30-,34-33-,37-36-,40-39-,43-42-,46-15+,54-52+. The topological polar surface area (TPSA) is 108 Å². The number of phosphoric acid groups is 1. The average Bonchev–Trinajstić information content (AvgIpc) is 3.32. The zero-order chi connectivity index (χ0) is 51.3. The van der Waals surface area contributed by atoms with Crippen molar-refractivity contribution in [3.05, 3.63) is 158 Å². The molecule has 9 heteroatoms. The van der Waals surface area contributed by atoms with E-state index >= 15 is 0 Å². The molecule has 0 aliphatic carbocycles. The first-order valence-corrected chi connectivity index (χ1v) is 28.3. The van der Waals surface area contributed by atoms with Crippen LogP contribution in [0.15, 0.2) is 158 Å². The highest BCUT2D eigenvalue weighted by atomic mass is 31.2. The molecule has 1 amide bonds. The third kappa shape index (κ3) is 52.0. The molecule has 0 radical (unpaired) electrons. The number of rotatable bonds is 46. The van der Waals surface area contributed by atoms with Crippen molar-refractivity contribution in [2.75, 3.05) is 40.9 Å². The maximum Gasteiger partial charge on any atom is 0.268 e. The highest BCUT2D eigenvalue weighted by Gasteiger charge is 2.23. The average molecular weight is 987 g/mol. The number of carbonyl (C=O) groups excluding carboxylic acids is 1. The Balaban J connectivity index is 4.16. The summed E-state index contributed by atoms with van der Waals surface area (Å²) in [6.07, 6.45) is 79.1. The van der Waals surface area contributed by atoms with E-state index in [1.165, 1.54) is 19.3 Å². The Hall–Kier alpha value is -3.88. The number of hydrogen-bond acceptors (Lipinski definition) is 6. The lowest BCUT2D eigenvalue weighted by atomic mass is 10.1. The smallest absolute Gasteiger partial charge is 0.268 e. The predicted molar refractivity (Wildman–Crippen MR) is 301 cm³/mol. The van der Waals surface area contributed by atoms with Gasteiger partial charge in [0.15, 0.2) is 0 Å². The van der Waals surface area contributed by atoms with Crippen molar-refractivity contribution in [2.45, 2.75) is 180 Å². The van der Waals surface area contributed by atoms with Crippen LogP contribution in [0, 0.1) is 0 Å². The number of carbonyl (C=O) groups is 1. The molecule has 3 atom stereocenters. The molecule has 0 aromatic carbocycles. The van der Waals surface area contributed by atoms with Crippen LogP contribution in [-0.2, 0) is 18.4 Å². The van der Waals surface area contributed by atoms with E-state index in [0.29, 0.717) is 17.4 Å². The van der Waals surface area contributed by atoms with Crippen LogP contribution in [0.4, 0.5) is 0 Å². The fourth-order valence-electron chi connectivity index (χ4n) is 6.52. The third-order valence-electron chi connectivity index (χ3n) is 10.7. The number of likely N-dealkylation sites (N-methyl/N-ethyl adjacent to an activating group) is 1. The zero-order valence-electron chi connectivity index (χ0n) is 44.6. The number of unbranched alkanes of at least 4 members (excludes halogenated alkanes) is 9. The summed E-state index contributed by atoms with van der Waals surface area (Å²) in [6, 6.07) is -0.923. The normalized spacial score (nSPS) is 15.2. The molecule has 0 rings (SSSR count). The second kappa shape index (κ2) is 50.1. The molecule has 0 aliphatic heterocycles. The number of aliphatic hydroxyl groups is 1. The van der Waals surface area contributed by atoms with Crippen LogP contribution in [0.2, 0.25) is 0 Å². The lowest BCUT2D eigenvalue weighted by Gasteiger charge is -2.29. The molecule has 0 saturated carbocycles. The number of phosphoric ester groups is 1. The van der Waals surface area contributed by atoms with Crippen LogP contribution in [0.5, 0.6) is 0 Å². The fourth-order valence-corrected chi connectivity index (χ4v) is 7.25. The lowest BCUT2D eigenvalue weighted by molar-refractivity contribution is -0.870. The van der Waals surface area contributed by atoms with Crippen molar-refractivity contribution in [1.82, 2.24) is 5.32 Å². The van der Waals surface area contributed by atoms with Crippen molar-refractivity contribution in [1.29, 1.82) is 0 Å². The molecular formula is C61H99N2O6P. The van der Waals surface area contributed by atoms with Crippen LogP contribution in [0.25, 0.3) is 0 Å². The summed E-state index contributed by atoms with van der Waals surface area (Å²) < 4.78 is 23.1. The van der Waals surface area contributed by atoms with E-state index in [1.807, 2.05) is 27.2 Å². The highest BCUT2D eigenvalue weighted by Crippen LogP contribution is 2.38. The number of nitrogens with one attached hydrogen (secondary N) is 1. The minimum absolute atomic E-state index is 0.0197. The molecular weight excluding hydrogens is 888 g/mol. The molecule has 0 saturated heterocycles. The van der Waals surface area contributed by atoms with Crippen molar-refractivity contribution >= 4 is 13.7 Å². The Labute approximate surface area is 429 Å². The highest BCUT2D eigenvalue weighted by molar-refractivity contribution is 7.45. The maximum atomic E-state index is 12.9. The molecule has 3 unspecified atom stereocenters. The van der Waals surface area contributed by atoms with Crippen LogP contribution >= 0.6 is 7.82 Å². The quantitative estimate of drug-likeness (QED) is 0.0272. The summed E-state index contributed by atoms with van der Waals surface area (Å²) in [4.78, 5) is 25.3. The van der Waals surface area contributed by atoms with Crippen molar-refractivity contribution < 1.29 is 32.9 Å². The maximum absolute atomic E-state index is 12.9. The molecule has 70 heavy (non-hydrogen) atoms. The Morgan fingerprint density at radius 3 is 1.33 bits per heavy atom. The van der Waals surface area contributed by atoms with E-state index in [0.717, 1.165) is 128 Å². The van der Waals surface area contributed by atoms with Gasteiger partial charge < -0.3 is 28.8 Å². The number of quaternary nitrogens is 1. The largest absolute Gasteiger partial charge is 0.756 e. The number of allylic oxidation sites excluding steroid dienone is 25. The van der Waals surface area contributed by atoms with Crippen LogP contribution in [-0.4, -0.2) is 68.5 Å². The van der Waals surface area contributed by atoms with Gasteiger partial charge in [0.25, 0.3) is 7.82 Å². The van der Waals surface area contributed by atoms with Gasteiger partial charge >= 0.3 is 0 Å². The molecule has 0 fully saturated rings. The summed E-state index contributed by atoms with van der Waals surface area (Å²) in [6.45, 7) is 4.40. The minimum Gasteiger partial charge on any atom is -0.756 e.